The molecule has 0 bridgehead atoms. The number of amides is 1. The zero-order valence-electron chi connectivity index (χ0n) is 15.8. The van der Waals surface area contributed by atoms with Crippen molar-refractivity contribution < 1.29 is 18.8 Å². The first-order valence-corrected chi connectivity index (χ1v) is 9.03. The van der Waals surface area contributed by atoms with Crippen LogP contribution in [0.15, 0.2) is 77.9 Å². The van der Waals surface area contributed by atoms with Gasteiger partial charge in [0.1, 0.15) is 18.2 Å². The predicted molar refractivity (Wildman–Crippen MR) is 110 cm³/mol. The smallest absolute Gasteiger partial charge is 0.273 e. The molecular formula is C22H18FN3O4. The van der Waals surface area contributed by atoms with Gasteiger partial charge in [-0.3, -0.25) is 14.9 Å². The van der Waals surface area contributed by atoms with Crippen LogP contribution in [-0.4, -0.2) is 17.0 Å². The van der Waals surface area contributed by atoms with Crippen LogP contribution < -0.4 is 10.2 Å². The molecule has 1 amide bonds. The first-order chi connectivity index (χ1) is 14.5. The number of para-hydroxylation sites is 1. The highest BCUT2D eigenvalue weighted by atomic mass is 19.1. The minimum absolute atomic E-state index is 0.104. The highest BCUT2D eigenvalue weighted by Gasteiger charge is 2.14. The maximum atomic E-state index is 12.9. The molecule has 0 aliphatic heterocycles. The molecule has 8 heteroatoms. The number of halogens is 1. The lowest BCUT2D eigenvalue weighted by atomic mass is 10.1. The maximum absolute atomic E-state index is 12.9. The Morgan fingerprint density at radius 2 is 1.77 bits per heavy atom. The van der Waals surface area contributed by atoms with E-state index in [0.29, 0.717) is 17.9 Å². The quantitative estimate of drug-likeness (QED) is 0.347. The summed E-state index contributed by atoms with van der Waals surface area (Å²) in [6.07, 6.45) is 1.31. The Morgan fingerprint density at radius 1 is 1.07 bits per heavy atom. The summed E-state index contributed by atoms with van der Waals surface area (Å²) < 4.78 is 18.5. The summed E-state index contributed by atoms with van der Waals surface area (Å²) in [6.45, 7) is 0.315. The molecule has 3 rings (SSSR count). The molecule has 0 aromatic heterocycles. The molecule has 0 heterocycles. The van der Waals surface area contributed by atoms with Crippen LogP contribution in [-0.2, 0) is 17.8 Å². The number of hydrogen-bond donors (Lipinski definition) is 1. The third kappa shape index (κ3) is 5.96. The summed E-state index contributed by atoms with van der Waals surface area (Å²) in [4.78, 5) is 22.4. The topological polar surface area (TPSA) is 93.8 Å². The Bertz CT molecular complexity index is 1050. The second kappa shape index (κ2) is 9.92. The van der Waals surface area contributed by atoms with Crippen molar-refractivity contribution in [2.24, 2.45) is 5.10 Å². The lowest BCUT2D eigenvalue weighted by Gasteiger charge is -2.06. The lowest BCUT2D eigenvalue weighted by molar-refractivity contribution is -0.385. The van der Waals surface area contributed by atoms with Gasteiger partial charge in [0, 0.05) is 11.6 Å². The molecule has 0 saturated carbocycles. The fourth-order valence-electron chi connectivity index (χ4n) is 2.63. The largest absolute Gasteiger partial charge is 0.489 e. The van der Waals surface area contributed by atoms with Crippen molar-refractivity contribution in [3.8, 4) is 5.75 Å². The van der Waals surface area contributed by atoms with Crippen molar-refractivity contribution in [1.29, 1.82) is 0 Å². The number of rotatable bonds is 8. The van der Waals surface area contributed by atoms with E-state index in [1.54, 1.807) is 48.5 Å². The number of nitrogens with zero attached hydrogens (tertiary/aromatic N) is 2. The summed E-state index contributed by atoms with van der Waals surface area (Å²) in [5, 5.41) is 14.9. The van der Waals surface area contributed by atoms with Gasteiger partial charge in [0.25, 0.3) is 5.69 Å². The molecule has 0 fully saturated rings. The van der Waals surface area contributed by atoms with E-state index in [-0.39, 0.29) is 17.9 Å². The average Bonchev–Trinajstić information content (AvgIpc) is 2.74. The monoisotopic (exact) mass is 407 g/mol. The fourth-order valence-corrected chi connectivity index (χ4v) is 2.63. The predicted octanol–water partition coefficient (Wildman–Crippen LogP) is 4.01. The van der Waals surface area contributed by atoms with Crippen LogP contribution in [0.4, 0.5) is 10.1 Å². The second-order valence-electron chi connectivity index (χ2n) is 6.34. The average molecular weight is 407 g/mol. The summed E-state index contributed by atoms with van der Waals surface area (Å²) >= 11 is 0. The van der Waals surface area contributed by atoms with Crippen molar-refractivity contribution >= 4 is 17.8 Å². The van der Waals surface area contributed by atoms with Crippen LogP contribution in [0.3, 0.4) is 0 Å². The van der Waals surface area contributed by atoms with E-state index in [1.807, 2.05) is 0 Å². The minimum Gasteiger partial charge on any atom is -0.489 e. The van der Waals surface area contributed by atoms with Crippen LogP contribution in [0, 0.1) is 15.9 Å². The Kier molecular flexibility index (Phi) is 6.83. The number of hydrazone groups is 1. The summed E-state index contributed by atoms with van der Waals surface area (Å²) in [5.41, 5.74) is 4.15. The number of nitrogens with one attached hydrogen (secondary N) is 1. The third-order valence-electron chi connectivity index (χ3n) is 4.14. The van der Waals surface area contributed by atoms with Crippen LogP contribution in [0.25, 0.3) is 0 Å². The van der Waals surface area contributed by atoms with Crippen molar-refractivity contribution in [1.82, 2.24) is 5.43 Å². The van der Waals surface area contributed by atoms with E-state index in [4.69, 9.17) is 4.74 Å². The van der Waals surface area contributed by atoms with Gasteiger partial charge in [0.05, 0.1) is 17.6 Å². The Balaban J connectivity index is 1.49. The van der Waals surface area contributed by atoms with Gasteiger partial charge >= 0.3 is 0 Å². The van der Waals surface area contributed by atoms with E-state index >= 15 is 0 Å². The van der Waals surface area contributed by atoms with Gasteiger partial charge in [-0.2, -0.15) is 5.10 Å². The highest BCUT2D eigenvalue weighted by molar-refractivity contribution is 5.83. The van der Waals surface area contributed by atoms with Gasteiger partial charge in [-0.15, -0.1) is 0 Å². The zero-order valence-corrected chi connectivity index (χ0v) is 15.8. The van der Waals surface area contributed by atoms with Crippen molar-refractivity contribution in [2.45, 2.75) is 13.0 Å². The standard InChI is InChI=1S/C22H18FN3O4/c23-19-9-5-17(6-10-19)15-30-20-11-7-16(8-12-20)14-24-25-22(27)13-18-3-1-2-4-21(18)26(28)29/h1-12,14H,13,15H2,(H,25,27). The van der Waals surface area contributed by atoms with Crippen molar-refractivity contribution in [3.63, 3.8) is 0 Å². The SMILES string of the molecule is O=C(Cc1ccccc1[N+](=O)[O-])NN=Cc1ccc(OCc2ccc(F)cc2)cc1. The fraction of sp³-hybridized carbons (Fsp3) is 0.0909. The first-order valence-electron chi connectivity index (χ1n) is 9.03. The lowest BCUT2D eigenvalue weighted by Crippen LogP contribution is -2.20. The van der Waals surface area contributed by atoms with E-state index in [2.05, 4.69) is 10.5 Å². The molecule has 152 valence electrons. The summed E-state index contributed by atoms with van der Waals surface area (Å²) in [5.74, 6) is -0.117. The normalized spacial score (nSPS) is 10.7. The number of benzene rings is 3. The van der Waals surface area contributed by atoms with Crippen LogP contribution in [0.2, 0.25) is 0 Å². The van der Waals surface area contributed by atoms with E-state index in [9.17, 15) is 19.3 Å². The molecule has 0 saturated heterocycles. The number of carbonyl (C=O) groups excluding carboxylic acids is 1. The van der Waals surface area contributed by atoms with Crippen molar-refractivity contribution in [3.05, 3.63) is 105 Å². The van der Waals surface area contributed by atoms with Crippen LogP contribution >= 0.6 is 0 Å². The molecule has 30 heavy (non-hydrogen) atoms. The molecular weight excluding hydrogens is 389 g/mol. The third-order valence-corrected chi connectivity index (χ3v) is 4.14. The Hall–Kier alpha value is -4.07. The van der Waals surface area contributed by atoms with Gasteiger partial charge in [0.15, 0.2) is 0 Å². The molecule has 0 aliphatic carbocycles. The van der Waals surface area contributed by atoms with Gasteiger partial charge in [-0.05, 0) is 47.5 Å². The Morgan fingerprint density at radius 3 is 2.47 bits per heavy atom. The zero-order chi connectivity index (χ0) is 21.3. The van der Waals surface area contributed by atoms with Gasteiger partial charge < -0.3 is 4.74 Å². The summed E-state index contributed by atoms with van der Waals surface area (Å²) in [7, 11) is 0. The van der Waals surface area contributed by atoms with E-state index in [1.165, 1.54) is 30.5 Å². The molecule has 3 aromatic carbocycles. The molecule has 1 N–H and O–H groups in total. The van der Waals surface area contributed by atoms with E-state index < -0.39 is 10.8 Å². The molecule has 3 aromatic rings. The number of nitro groups is 1. The summed E-state index contributed by atoms with van der Waals surface area (Å²) in [6, 6.07) is 19.2. The first kappa shape index (κ1) is 20.7. The molecule has 7 nitrogen and oxygen atoms in total. The van der Waals surface area contributed by atoms with Crippen LogP contribution in [0.1, 0.15) is 16.7 Å². The minimum atomic E-state index is -0.522. The number of carbonyl (C=O) groups is 1. The number of hydrogen-bond acceptors (Lipinski definition) is 5. The molecule has 0 atom stereocenters. The maximum Gasteiger partial charge on any atom is 0.273 e. The molecule has 0 aliphatic rings. The number of nitro benzene ring substituents is 1. The molecule has 0 unspecified atom stereocenters. The second-order valence-corrected chi connectivity index (χ2v) is 6.34. The van der Waals surface area contributed by atoms with Crippen LogP contribution in [0.5, 0.6) is 5.75 Å². The number of ether oxygens (including phenoxy) is 1. The van der Waals surface area contributed by atoms with E-state index in [0.717, 1.165) is 11.1 Å². The van der Waals surface area contributed by atoms with Crippen molar-refractivity contribution in [2.75, 3.05) is 0 Å². The molecule has 0 radical (unpaired) electrons. The highest BCUT2D eigenvalue weighted by Crippen LogP contribution is 2.18. The van der Waals surface area contributed by atoms with Gasteiger partial charge in [0.2, 0.25) is 5.91 Å². The van der Waals surface area contributed by atoms with Gasteiger partial charge in [-0.1, -0.05) is 30.3 Å². The Labute approximate surface area is 172 Å². The molecule has 0 spiro atoms. The van der Waals surface area contributed by atoms with Gasteiger partial charge in [-0.25, -0.2) is 9.82 Å².